The third kappa shape index (κ3) is 31.5. The van der Waals surface area contributed by atoms with Crippen LogP contribution in [0, 0.1) is 39.7 Å². The Kier molecular flexibility index (Phi) is 45.2. The summed E-state index contributed by atoms with van der Waals surface area (Å²) < 4.78 is 47.2. The highest BCUT2D eigenvalue weighted by Gasteiger charge is 2.50. The molecule has 0 saturated carbocycles. The lowest BCUT2D eigenvalue weighted by atomic mass is 9.69. The van der Waals surface area contributed by atoms with Crippen molar-refractivity contribution in [3.8, 4) is 70.6 Å². The highest BCUT2D eigenvalue weighted by Crippen LogP contribution is 2.56. The minimum Gasteiger partial charge on any atom is -0.487 e. The number of ether oxygens (including phenoxy) is 7. The minimum absolute atomic E-state index is 0. The SMILES string of the molecule is C.C.C#C[Si](C)(C)C.C#Cc1cc(C(C)=O)c2c(c1)C(C)(C)CC(CC)(CC)O2.CC1(C)CC(=O)Oc2ccc(Br)cc21.CCC1(CC)CC(C)(C)c2cc(Br)cc(C(C)=O)c2O1.CCC1(CC)CC(C)(C)c2cc(Br)cc(C(C)=O)c2O1.CCC1(CC)CC(C)(C)c2cc(Br)ccc2O1.CCC1(CC)CC(C)(C)c2cc(C#Cc3ccc(C(C)(C)C(=O)O)cc3)cc(C(C)C)c2O1.COC(=O)C(C)(C)c1ccc(I)cc1. The number of carbonyl (C=O) groups excluding carboxylic acids is 5. The van der Waals surface area contributed by atoms with E-state index in [0.29, 0.717) is 34.8 Å². The standard InChI is InChI=1S/C30H38O3.C19H24O2.2C17H23BrO2.C15H21BrO.C11H11BrO2.C11H13IO2.C5H10Si.2CH4/c1-9-30(10-2)19-28(5,6)25-18-22(17-24(20(3)4)26(25)33-30)12-11-21-13-15-23(16-14-21)29(7,8)27(31)32;1-7-14-10-15(13(4)20)17-16(11-14)18(5,6)12-19(8-2,9-3)21-17;2*1-6-17(7-2)10-16(4,5)14-9-12(18)8-13(11(3)19)15(14)20-17;1-5-15(6-2)10-14(3,4)12-9-11(16)7-8-13(12)17-15;1-11(2)6-10(13)14-9-4-3-7(12)5-8(9)11;1-11(2,10(13)14-3)8-4-6-9(12)7-5-8;1-5-6(2,3)4;;/h13-18,20H,9-10,19H2,1-8H3,(H,31,32);1,10-11H,8-9,12H2,2-6H3;2*8-9H,6-7,10H2,1-5H3;7-9H,5-6,10H2,1-4H3;3-5H,6H2,1-2H3;4-7H,1-3H3;1H,2-4H3;2*1H4. The number of hydrogen-bond acceptors (Lipinski definition) is 13. The van der Waals surface area contributed by atoms with Crippen LogP contribution >= 0.6 is 86.3 Å². The van der Waals surface area contributed by atoms with Gasteiger partial charge in [0.05, 0.1) is 41.1 Å². The monoisotopic (exact) mass is 2390 g/mol. The van der Waals surface area contributed by atoms with E-state index in [0.717, 1.165) is 197 Å². The molecular weight excluding hydrogens is 2220 g/mol. The lowest BCUT2D eigenvalue weighted by molar-refractivity contribution is -0.146. The molecule has 0 atom stereocenters. The first-order chi connectivity index (χ1) is 67.1. The predicted octanol–water partition coefficient (Wildman–Crippen LogP) is 35.8. The average Bonchev–Trinajstić information content (AvgIpc) is 0.747. The molecule has 20 heteroatoms. The Hall–Kier alpha value is -8.27. The van der Waals surface area contributed by atoms with Gasteiger partial charge in [0, 0.05) is 76.9 Å². The number of hydrogen-bond donors (Lipinski definition) is 1. The fourth-order valence-corrected chi connectivity index (χ4v) is 22.6. The Bertz CT molecular complexity index is 6030. The summed E-state index contributed by atoms with van der Waals surface area (Å²) in [5.74, 6) is 13.7. The lowest BCUT2D eigenvalue weighted by Gasteiger charge is -2.46. The van der Waals surface area contributed by atoms with Crippen molar-refractivity contribution >= 4 is 130 Å². The van der Waals surface area contributed by atoms with Crippen molar-refractivity contribution in [3.05, 3.63) is 238 Å². The molecule has 0 unspecified atom stereocenters. The van der Waals surface area contributed by atoms with E-state index in [4.69, 9.17) is 46.0 Å². The molecule has 8 aromatic carbocycles. The zero-order valence-electron chi connectivity index (χ0n) is 93.4. The highest BCUT2D eigenvalue weighted by molar-refractivity contribution is 14.1. The van der Waals surface area contributed by atoms with Crippen LogP contribution in [0.15, 0.2) is 151 Å². The van der Waals surface area contributed by atoms with Crippen LogP contribution in [0.25, 0.3) is 0 Å². The van der Waals surface area contributed by atoms with Crippen molar-refractivity contribution in [2.24, 2.45) is 0 Å². The summed E-state index contributed by atoms with van der Waals surface area (Å²) in [6.07, 6.45) is 25.9. The van der Waals surface area contributed by atoms with Crippen molar-refractivity contribution in [2.45, 2.75) is 429 Å². The summed E-state index contributed by atoms with van der Waals surface area (Å²) >= 11 is 16.2. The molecule has 14 nitrogen and oxygen atoms in total. The van der Waals surface area contributed by atoms with Gasteiger partial charge in [0.2, 0.25) is 0 Å². The van der Waals surface area contributed by atoms with Crippen molar-refractivity contribution in [1.29, 1.82) is 0 Å². The number of methoxy groups -OCH3 is 1. The predicted molar refractivity (Wildman–Crippen MR) is 636 cm³/mol. The van der Waals surface area contributed by atoms with E-state index < -0.39 is 24.9 Å². The first-order valence-electron chi connectivity index (χ1n) is 51.6. The molecule has 8 aromatic rings. The second-order valence-electron chi connectivity index (χ2n) is 46.3. The quantitative estimate of drug-likeness (QED) is 0.0213. The van der Waals surface area contributed by atoms with Gasteiger partial charge in [-0.05, 0) is 326 Å². The normalized spacial score (nSPS) is 17.1. The molecule has 6 aliphatic rings. The molecule has 0 saturated heterocycles. The number of carboxylic acids is 1. The van der Waals surface area contributed by atoms with Gasteiger partial charge in [0.25, 0.3) is 0 Å². The van der Waals surface area contributed by atoms with E-state index in [1.165, 1.54) is 23.8 Å². The number of Topliss-reactive ketones (excluding diaryl/α,β-unsaturated/α-hetero) is 3. The zero-order chi connectivity index (χ0) is 110. The van der Waals surface area contributed by atoms with E-state index in [2.05, 4.69) is 338 Å². The third-order valence-corrected chi connectivity index (χ3v) is 33.8. The van der Waals surface area contributed by atoms with Crippen LogP contribution < -0.4 is 28.4 Å². The van der Waals surface area contributed by atoms with E-state index in [1.54, 1.807) is 40.7 Å². The van der Waals surface area contributed by atoms with E-state index >= 15 is 0 Å². The van der Waals surface area contributed by atoms with Crippen molar-refractivity contribution in [1.82, 2.24) is 0 Å². The topological polar surface area (TPSA) is 187 Å². The number of halogens is 5. The smallest absolute Gasteiger partial charge is 0.315 e. The first-order valence-corrected chi connectivity index (χ1v) is 59.3. The van der Waals surface area contributed by atoms with Crippen LogP contribution in [-0.2, 0) is 62.4 Å². The van der Waals surface area contributed by atoms with Crippen LogP contribution in [0.1, 0.15) is 436 Å². The first kappa shape index (κ1) is 129. The number of terminal acetylenes is 2. The summed E-state index contributed by atoms with van der Waals surface area (Å²) in [5, 5.41) is 9.45. The number of ketones is 3. The van der Waals surface area contributed by atoms with Crippen LogP contribution in [0.4, 0.5) is 0 Å². The summed E-state index contributed by atoms with van der Waals surface area (Å²) in [6.45, 7) is 71.4. The van der Waals surface area contributed by atoms with Gasteiger partial charge in [-0.2, -0.15) is 0 Å². The van der Waals surface area contributed by atoms with Crippen LogP contribution in [0.3, 0.4) is 0 Å². The van der Waals surface area contributed by atoms with Gasteiger partial charge in [-0.25, -0.2) is 0 Å². The molecule has 0 aliphatic carbocycles. The van der Waals surface area contributed by atoms with E-state index in [1.807, 2.05) is 98.8 Å². The van der Waals surface area contributed by atoms with Gasteiger partial charge < -0.3 is 38.3 Å². The number of carboxylic acid groups (broad SMARTS) is 1. The summed E-state index contributed by atoms with van der Waals surface area (Å²) in [7, 11) is 0.310. The molecule has 0 fully saturated rings. The lowest BCUT2D eigenvalue weighted by Crippen LogP contribution is -2.45. The van der Waals surface area contributed by atoms with Gasteiger partial charge in [-0.1, -0.05) is 306 Å². The molecule has 0 amide bonds. The Morgan fingerprint density at radius 2 is 0.721 bits per heavy atom. The van der Waals surface area contributed by atoms with Gasteiger partial charge in [-0.15, -0.1) is 18.4 Å². The Labute approximate surface area is 933 Å². The molecular formula is C127H171Br4IO14Si. The molecule has 6 aliphatic heterocycles. The number of carbonyl (C=O) groups is 6. The molecule has 1 N–H and O–H groups in total. The number of rotatable bonds is 18. The fraction of sp³-hybridized carbons (Fsp3) is 0.528. The van der Waals surface area contributed by atoms with Crippen molar-refractivity contribution in [3.63, 3.8) is 0 Å². The molecule has 6 heterocycles. The molecule has 0 radical (unpaired) electrons. The van der Waals surface area contributed by atoms with Gasteiger partial charge in [0.15, 0.2) is 17.3 Å². The van der Waals surface area contributed by atoms with Crippen molar-refractivity contribution < 1.29 is 67.0 Å². The zero-order valence-corrected chi connectivity index (χ0v) is 103. The second kappa shape index (κ2) is 51.4. The van der Waals surface area contributed by atoms with Gasteiger partial charge in [-0.3, -0.25) is 28.8 Å². The van der Waals surface area contributed by atoms with Crippen molar-refractivity contribution in [2.75, 3.05) is 7.11 Å². The Balaban J connectivity index is 0.000000303. The third-order valence-electron chi connectivity index (χ3n) is 30.4. The van der Waals surface area contributed by atoms with E-state index in [-0.39, 0.29) is 105 Å². The van der Waals surface area contributed by atoms with Crippen LogP contribution in [0.2, 0.25) is 19.6 Å². The Morgan fingerprint density at radius 1 is 0.415 bits per heavy atom. The second-order valence-corrected chi connectivity index (χ2v) is 56.0. The van der Waals surface area contributed by atoms with E-state index in [9.17, 15) is 33.9 Å². The molecule has 0 aromatic heterocycles. The maximum absolute atomic E-state index is 12.0. The number of benzene rings is 8. The largest absolute Gasteiger partial charge is 0.487 e. The van der Waals surface area contributed by atoms with Crippen LogP contribution in [-0.4, -0.2) is 83.6 Å². The van der Waals surface area contributed by atoms with Gasteiger partial charge in [0.1, 0.15) is 70.6 Å². The number of esters is 2. The molecule has 14 rings (SSSR count). The summed E-state index contributed by atoms with van der Waals surface area (Å²) in [5.41, 5.74) is 15.2. The number of fused-ring (bicyclic) bond motifs is 6. The number of aliphatic carboxylic acids is 1. The summed E-state index contributed by atoms with van der Waals surface area (Å²) in [4.78, 5) is 70.3. The summed E-state index contributed by atoms with van der Waals surface area (Å²) in [6, 6.07) is 43.6. The molecule has 147 heavy (non-hydrogen) atoms. The molecule has 0 spiro atoms. The fourth-order valence-electron chi connectivity index (χ4n) is 20.6. The maximum atomic E-state index is 12.0. The Morgan fingerprint density at radius 3 is 1.07 bits per heavy atom. The minimum atomic E-state index is -1.10. The maximum Gasteiger partial charge on any atom is 0.315 e. The van der Waals surface area contributed by atoms with Gasteiger partial charge >= 0.3 is 17.9 Å². The van der Waals surface area contributed by atoms with Crippen LogP contribution in [0.5, 0.6) is 34.5 Å². The molecule has 0 bridgehead atoms. The molecule has 802 valence electrons. The average molecular weight is 2400 g/mol. The highest BCUT2D eigenvalue weighted by atomic mass is 127.